The van der Waals surface area contributed by atoms with Gasteiger partial charge in [-0.2, -0.15) is 0 Å². The van der Waals surface area contributed by atoms with Gasteiger partial charge in [0.2, 0.25) is 0 Å². The Morgan fingerprint density at radius 1 is 1.36 bits per heavy atom. The van der Waals surface area contributed by atoms with Gasteiger partial charge < -0.3 is 14.8 Å². The highest BCUT2D eigenvalue weighted by Crippen LogP contribution is 2.28. The minimum atomic E-state index is -1.30. The fraction of sp³-hybridized carbons (Fsp3) is 0.188. The summed E-state index contributed by atoms with van der Waals surface area (Å²) in [7, 11) is 0. The van der Waals surface area contributed by atoms with Gasteiger partial charge in [-0.05, 0) is 31.2 Å². The molecular formula is C16H14ClNO3S. The van der Waals surface area contributed by atoms with Crippen molar-refractivity contribution in [3.05, 3.63) is 57.4 Å². The molecular weight excluding hydrogens is 322 g/mol. The summed E-state index contributed by atoms with van der Waals surface area (Å²) in [5.74, 6) is 0.145. The molecule has 0 aliphatic carbocycles. The van der Waals surface area contributed by atoms with Crippen molar-refractivity contribution < 1.29 is 14.3 Å². The molecule has 0 saturated heterocycles. The molecule has 22 heavy (non-hydrogen) atoms. The molecule has 1 unspecified atom stereocenters. The molecule has 0 aliphatic heterocycles. The molecule has 4 nitrogen and oxygen atoms in total. The fourth-order valence-corrected chi connectivity index (χ4v) is 3.07. The Balaban J connectivity index is 1.74. The summed E-state index contributed by atoms with van der Waals surface area (Å²) >= 11 is 7.00. The lowest BCUT2D eigenvalue weighted by Gasteiger charge is -2.20. The molecule has 2 aromatic heterocycles. The van der Waals surface area contributed by atoms with Gasteiger partial charge in [-0.25, -0.2) is 0 Å². The van der Waals surface area contributed by atoms with E-state index in [1.807, 2.05) is 24.3 Å². The molecule has 1 amide bonds. The first kappa shape index (κ1) is 15.1. The highest BCUT2D eigenvalue weighted by atomic mass is 35.5. The van der Waals surface area contributed by atoms with Crippen LogP contribution in [0.2, 0.25) is 4.34 Å². The highest BCUT2D eigenvalue weighted by Gasteiger charge is 2.28. The lowest BCUT2D eigenvalue weighted by molar-refractivity contribution is 0.0345. The average molecular weight is 336 g/mol. The Hall–Kier alpha value is -1.82. The molecule has 2 N–H and O–H groups in total. The van der Waals surface area contributed by atoms with E-state index in [1.165, 1.54) is 11.3 Å². The maximum absolute atomic E-state index is 12.0. The van der Waals surface area contributed by atoms with Crippen LogP contribution in [0, 0.1) is 0 Å². The predicted octanol–water partition coefficient (Wildman–Crippen LogP) is 3.79. The number of benzene rings is 1. The number of rotatable bonds is 4. The third-order valence-electron chi connectivity index (χ3n) is 3.35. The van der Waals surface area contributed by atoms with E-state index in [2.05, 4.69) is 5.32 Å². The van der Waals surface area contributed by atoms with E-state index < -0.39 is 5.60 Å². The zero-order valence-electron chi connectivity index (χ0n) is 11.8. The van der Waals surface area contributed by atoms with Crippen LogP contribution in [0.15, 0.2) is 46.9 Å². The topological polar surface area (TPSA) is 62.5 Å². The van der Waals surface area contributed by atoms with Gasteiger partial charge in [0.15, 0.2) is 0 Å². The van der Waals surface area contributed by atoms with Gasteiger partial charge in [-0.1, -0.05) is 29.8 Å². The van der Waals surface area contributed by atoms with E-state index in [4.69, 9.17) is 16.0 Å². The quantitative estimate of drug-likeness (QED) is 0.762. The monoisotopic (exact) mass is 335 g/mol. The van der Waals surface area contributed by atoms with Crippen molar-refractivity contribution >= 4 is 39.8 Å². The number of carbonyl (C=O) groups excluding carboxylic acids is 1. The van der Waals surface area contributed by atoms with E-state index in [0.29, 0.717) is 20.6 Å². The lowest BCUT2D eigenvalue weighted by Crippen LogP contribution is -2.38. The molecule has 0 radical (unpaired) electrons. The first-order chi connectivity index (χ1) is 10.5. The minimum absolute atomic E-state index is 0.0428. The Labute approximate surface area is 136 Å². The number of aliphatic hydroxyl groups is 1. The maximum Gasteiger partial charge on any atom is 0.261 e. The molecule has 0 bridgehead atoms. The number of hydrogen-bond donors (Lipinski definition) is 2. The van der Waals surface area contributed by atoms with Gasteiger partial charge in [0.25, 0.3) is 5.91 Å². The maximum atomic E-state index is 12.0. The molecule has 0 aliphatic rings. The number of carbonyl (C=O) groups is 1. The van der Waals surface area contributed by atoms with Gasteiger partial charge in [-0.3, -0.25) is 4.79 Å². The Kier molecular flexibility index (Phi) is 3.95. The number of fused-ring (bicyclic) bond motifs is 1. The van der Waals surface area contributed by atoms with Crippen molar-refractivity contribution in [1.29, 1.82) is 0 Å². The molecule has 3 aromatic rings. The molecule has 0 saturated carbocycles. The van der Waals surface area contributed by atoms with Gasteiger partial charge in [0.1, 0.15) is 16.9 Å². The van der Waals surface area contributed by atoms with Crippen LogP contribution in [0.25, 0.3) is 11.0 Å². The van der Waals surface area contributed by atoms with Crippen molar-refractivity contribution in [2.24, 2.45) is 0 Å². The second-order valence-electron chi connectivity index (χ2n) is 5.21. The van der Waals surface area contributed by atoms with E-state index in [9.17, 15) is 9.90 Å². The number of amides is 1. The Morgan fingerprint density at radius 3 is 2.82 bits per heavy atom. The number of nitrogens with one attached hydrogen (secondary N) is 1. The first-order valence-corrected chi connectivity index (χ1v) is 7.90. The van der Waals surface area contributed by atoms with Crippen LogP contribution in [-0.2, 0) is 5.60 Å². The van der Waals surface area contributed by atoms with Gasteiger partial charge >= 0.3 is 0 Å². The molecule has 6 heteroatoms. The van der Waals surface area contributed by atoms with Crippen LogP contribution in [0.5, 0.6) is 0 Å². The van der Waals surface area contributed by atoms with Crippen molar-refractivity contribution in [1.82, 2.24) is 5.32 Å². The van der Waals surface area contributed by atoms with Gasteiger partial charge in [-0.15, -0.1) is 11.3 Å². The smallest absolute Gasteiger partial charge is 0.261 e. The van der Waals surface area contributed by atoms with E-state index in [0.717, 1.165) is 5.39 Å². The van der Waals surface area contributed by atoms with Crippen LogP contribution in [-0.4, -0.2) is 17.6 Å². The summed E-state index contributed by atoms with van der Waals surface area (Å²) in [6.07, 6.45) is 0. The number of para-hydroxylation sites is 1. The summed E-state index contributed by atoms with van der Waals surface area (Å²) < 4.78 is 6.21. The average Bonchev–Trinajstić information content (AvgIpc) is 3.11. The molecule has 1 atom stereocenters. The molecule has 1 aromatic carbocycles. The van der Waals surface area contributed by atoms with Gasteiger partial charge in [0.05, 0.1) is 15.8 Å². The van der Waals surface area contributed by atoms with Crippen LogP contribution in [0.4, 0.5) is 0 Å². The SMILES string of the molecule is CC(O)(CNC(=O)c1ccc(Cl)s1)c1cc2ccccc2o1. The molecule has 3 rings (SSSR count). The number of hydrogen-bond acceptors (Lipinski definition) is 4. The Morgan fingerprint density at radius 2 is 2.14 bits per heavy atom. The molecule has 2 heterocycles. The third-order valence-corrected chi connectivity index (χ3v) is 4.58. The normalized spacial score (nSPS) is 14.0. The second-order valence-corrected chi connectivity index (χ2v) is 6.92. The number of furan rings is 1. The van der Waals surface area contributed by atoms with Crippen LogP contribution in [0.1, 0.15) is 22.4 Å². The largest absolute Gasteiger partial charge is 0.458 e. The van der Waals surface area contributed by atoms with E-state index in [1.54, 1.807) is 25.1 Å². The fourth-order valence-electron chi connectivity index (χ4n) is 2.11. The van der Waals surface area contributed by atoms with Gasteiger partial charge in [0, 0.05) is 5.39 Å². The zero-order valence-corrected chi connectivity index (χ0v) is 13.4. The summed E-state index contributed by atoms with van der Waals surface area (Å²) in [6.45, 7) is 1.65. The highest BCUT2D eigenvalue weighted by molar-refractivity contribution is 7.17. The lowest BCUT2D eigenvalue weighted by atomic mass is 10.0. The van der Waals surface area contributed by atoms with E-state index in [-0.39, 0.29) is 12.5 Å². The zero-order chi connectivity index (χ0) is 15.7. The molecule has 114 valence electrons. The standard InChI is InChI=1S/C16H14ClNO3S/c1-16(20,9-18-15(19)12-6-7-14(17)22-12)13-8-10-4-2-3-5-11(10)21-13/h2-8,20H,9H2,1H3,(H,18,19). The molecule has 0 fully saturated rings. The first-order valence-electron chi connectivity index (χ1n) is 6.71. The van der Waals surface area contributed by atoms with Crippen LogP contribution >= 0.6 is 22.9 Å². The number of thiophene rings is 1. The van der Waals surface area contributed by atoms with Crippen LogP contribution in [0.3, 0.4) is 0 Å². The summed E-state index contributed by atoms with van der Waals surface area (Å²) in [4.78, 5) is 12.5. The summed E-state index contributed by atoms with van der Waals surface area (Å²) in [5, 5.41) is 14.2. The summed E-state index contributed by atoms with van der Waals surface area (Å²) in [6, 6.07) is 12.6. The minimum Gasteiger partial charge on any atom is -0.458 e. The van der Waals surface area contributed by atoms with Crippen molar-refractivity contribution in [3.63, 3.8) is 0 Å². The van der Waals surface area contributed by atoms with Crippen molar-refractivity contribution in [2.45, 2.75) is 12.5 Å². The third kappa shape index (κ3) is 3.02. The Bertz CT molecular complexity index is 789. The van der Waals surface area contributed by atoms with Crippen LogP contribution < -0.4 is 5.32 Å². The predicted molar refractivity (Wildman–Crippen MR) is 87.4 cm³/mol. The second kappa shape index (κ2) is 5.76. The number of halogens is 1. The summed E-state index contributed by atoms with van der Waals surface area (Å²) in [5.41, 5.74) is -0.593. The van der Waals surface area contributed by atoms with E-state index >= 15 is 0 Å². The van der Waals surface area contributed by atoms with Crippen molar-refractivity contribution in [2.75, 3.05) is 6.54 Å². The van der Waals surface area contributed by atoms with Crippen molar-refractivity contribution in [3.8, 4) is 0 Å². The molecule has 0 spiro atoms.